The third kappa shape index (κ3) is 4.02. The molecule has 0 fully saturated rings. The van der Waals surface area contributed by atoms with Crippen molar-refractivity contribution in [1.29, 1.82) is 0 Å². The van der Waals surface area contributed by atoms with Gasteiger partial charge in [-0.3, -0.25) is 4.79 Å². The van der Waals surface area contributed by atoms with Gasteiger partial charge in [-0.25, -0.2) is 0 Å². The first-order chi connectivity index (χ1) is 13.5. The molecule has 1 aromatic carbocycles. The summed E-state index contributed by atoms with van der Waals surface area (Å²) in [6, 6.07) is 11.2. The summed E-state index contributed by atoms with van der Waals surface area (Å²) in [5.41, 5.74) is 3.06. The van der Waals surface area contributed by atoms with Crippen molar-refractivity contribution in [2.45, 2.75) is 26.5 Å². The van der Waals surface area contributed by atoms with Gasteiger partial charge in [0.1, 0.15) is 10.6 Å². The number of hydrogen-bond acceptors (Lipinski definition) is 5. The predicted molar refractivity (Wildman–Crippen MR) is 109 cm³/mol. The first-order valence-electron chi connectivity index (χ1n) is 8.76. The maximum Gasteiger partial charge on any atom is 0.387 e. The molecule has 0 saturated carbocycles. The monoisotopic (exact) mass is 420 g/mol. The number of nitrogens with one attached hydrogen (secondary N) is 1. The van der Waals surface area contributed by atoms with Gasteiger partial charge in [0.25, 0.3) is 5.91 Å². The number of anilines is 2. The molecule has 28 heavy (non-hydrogen) atoms. The average molecular weight is 421 g/mol. The van der Waals surface area contributed by atoms with Crippen LogP contribution in [0.3, 0.4) is 0 Å². The summed E-state index contributed by atoms with van der Waals surface area (Å²) in [7, 11) is 0. The van der Waals surface area contributed by atoms with E-state index in [1.54, 1.807) is 18.3 Å². The van der Waals surface area contributed by atoms with Crippen LogP contribution in [-0.2, 0) is 13.0 Å². The van der Waals surface area contributed by atoms with Gasteiger partial charge in [-0.2, -0.15) is 8.78 Å². The number of thiophene rings is 2. The van der Waals surface area contributed by atoms with Crippen LogP contribution in [0.25, 0.3) is 0 Å². The molecule has 1 amide bonds. The number of alkyl halides is 2. The van der Waals surface area contributed by atoms with E-state index >= 15 is 0 Å². The zero-order chi connectivity index (χ0) is 19.7. The number of carbonyl (C=O) groups excluding carboxylic acids is 1. The Morgan fingerprint density at radius 1 is 1.25 bits per heavy atom. The number of rotatable bonds is 5. The fourth-order valence-corrected chi connectivity index (χ4v) is 4.97. The fraction of sp³-hybridized carbons (Fsp3) is 0.250. The van der Waals surface area contributed by atoms with E-state index in [0.29, 0.717) is 5.69 Å². The lowest BCUT2D eigenvalue weighted by Gasteiger charge is -2.29. The van der Waals surface area contributed by atoms with Crippen molar-refractivity contribution in [3.8, 4) is 5.75 Å². The fourth-order valence-electron chi connectivity index (χ4n) is 3.24. The van der Waals surface area contributed by atoms with Gasteiger partial charge in [-0.1, -0.05) is 0 Å². The van der Waals surface area contributed by atoms with Crippen LogP contribution >= 0.6 is 22.7 Å². The molecule has 0 radical (unpaired) electrons. The Kier molecular flexibility index (Phi) is 5.32. The molecule has 0 unspecified atom stereocenters. The third-order valence-corrected chi connectivity index (χ3v) is 6.59. The Morgan fingerprint density at radius 2 is 2.04 bits per heavy atom. The Hall–Kier alpha value is -2.45. The summed E-state index contributed by atoms with van der Waals surface area (Å²) in [5, 5.41) is 4.89. The number of fused-ring (bicyclic) bond motifs is 1. The number of aryl methyl sites for hydroxylation is 1. The van der Waals surface area contributed by atoms with Crippen LogP contribution < -0.4 is 15.0 Å². The standard InChI is InChI=1S/C20H18F2N2O2S2/c1-12-10-16(26-20(21)22)18(28-12)19(25)23-14-2-4-15(5-3-14)24-8-6-17-13(11-24)7-9-27-17/h2-5,7,9-10,20H,6,8,11H2,1H3,(H,23,25). The molecule has 0 spiro atoms. The summed E-state index contributed by atoms with van der Waals surface area (Å²) in [5.74, 6) is -0.547. The molecule has 8 heteroatoms. The Labute approximate surface area is 169 Å². The second-order valence-electron chi connectivity index (χ2n) is 6.47. The topological polar surface area (TPSA) is 41.6 Å². The van der Waals surface area contributed by atoms with E-state index in [1.165, 1.54) is 16.5 Å². The molecule has 2 aromatic heterocycles. The number of benzene rings is 1. The van der Waals surface area contributed by atoms with E-state index in [1.807, 2.05) is 24.3 Å². The van der Waals surface area contributed by atoms with Gasteiger partial charge in [0.15, 0.2) is 0 Å². The highest BCUT2D eigenvalue weighted by Gasteiger charge is 2.20. The van der Waals surface area contributed by atoms with Crippen LogP contribution in [0.5, 0.6) is 5.75 Å². The first kappa shape index (κ1) is 18.9. The van der Waals surface area contributed by atoms with Crippen LogP contribution in [0.15, 0.2) is 41.8 Å². The maximum atomic E-state index is 12.5. The van der Waals surface area contributed by atoms with Crippen molar-refractivity contribution >= 4 is 40.0 Å². The molecule has 1 aliphatic heterocycles. The zero-order valence-electron chi connectivity index (χ0n) is 15.1. The molecule has 146 valence electrons. The average Bonchev–Trinajstić information content (AvgIpc) is 3.27. The molecule has 1 N–H and O–H groups in total. The second kappa shape index (κ2) is 7.89. The van der Waals surface area contributed by atoms with E-state index < -0.39 is 12.5 Å². The van der Waals surface area contributed by atoms with Crippen molar-refractivity contribution in [3.63, 3.8) is 0 Å². The van der Waals surface area contributed by atoms with Crippen LogP contribution in [0, 0.1) is 6.92 Å². The van der Waals surface area contributed by atoms with Crippen molar-refractivity contribution in [3.05, 3.63) is 62.0 Å². The number of ether oxygens (including phenoxy) is 1. The molecule has 3 heterocycles. The number of nitrogens with zero attached hydrogens (tertiary/aromatic N) is 1. The Balaban J connectivity index is 1.44. The lowest BCUT2D eigenvalue weighted by molar-refractivity contribution is -0.0498. The van der Waals surface area contributed by atoms with Crippen LogP contribution in [0.4, 0.5) is 20.2 Å². The highest BCUT2D eigenvalue weighted by Crippen LogP contribution is 2.32. The molecule has 4 rings (SSSR count). The van der Waals surface area contributed by atoms with E-state index in [4.69, 9.17) is 0 Å². The van der Waals surface area contributed by atoms with E-state index in [-0.39, 0.29) is 10.6 Å². The van der Waals surface area contributed by atoms with E-state index in [0.717, 1.165) is 41.4 Å². The minimum absolute atomic E-state index is 0.0912. The SMILES string of the molecule is Cc1cc(OC(F)F)c(C(=O)Nc2ccc(N3CCc4sccc4C3)cc2)s1. The minimum Gasteiger partial charge on any atom is -0.433 e. The number of amides is 1. The van der Waals surface area contributed by atoms with E-state index in [2.05, 4.69) is 26.4 Å². The van der Waals surface area contributed by atoms with Gasteiger partial charge >= 0.3 is 6.61 Å². The van der Waals surface area contributed by atoms with Crippen LogP contribution in [-0.4, -0.2) is 19.1 Å². The highest BCUT2D eigenvalue weighted by atomic mass is 32.1. The largest absolute Gasteiger partial charge is 0.433 e. The molecule has 4 nitrogen and oxygen atoms in total. The molecular weight excluding hydrogens is 402 g/mol. The summed E-state index contributed by atoms with van der Waals surface area (Å²) in [6.07, 6.45) is 1.04. The Morgan fingerprint density at radius 3 is 2.79 bits per heavy atom. The molecule has 3 aromatic rings. The first-order valence-corrected chi connectivity index (χ1v) is 10.5. The van der Waals surface area contributed by atoms with Gasteiger partial charge in [0, 0.05) is 34.2 Å². The normalized spacial score (nSPS) is 13.5. The minimum atomic E-state index is -2.96. The van der Waals surface area contributed by atoms with Crippen LogP contribution in [0.2, 0.25) is 0 Å². The molecule has 0 saturated heterocycles. The van der Waals surface area contributed by atoms with Crippen molar-refractivity contribution in [2.75, 3.05) is 16.8 Å². The van der Waals surface area contributed by atoms with Crippen molar-refractivity contribution < 1.29 is 18.3 Å². The highest BCUT2D eigenvalue weighted by molar-refractivity contribution is 7.14. The van der Waals surface area contributed by atoms with Gasteiger partial charge < -0.3 is 15.0 Å². The maximum absolute atomic E-state index is 12.5. The summed E-state index contributed by atoms with van der Waals surface area (Å²) >= 11 is 2.93. The van der Waals surface area contributed by atoms with Gasteiger partial charge in [-0.05, 0) is 60.7 Å². The zero-order valence-corrected chi connectivity index (χ0v) is 16.7. The smallest absolute Gasteiger partial charge is 0.387 e. The van der Waals surface area contributed by atoms with Gasteiger partial charge in [0.05, 0.1) is 0 Å². The molecule has 1 aliphatic rings. The predicted octanol–water partition coefficient (Wildman–Crippen LogP) is 5.53. The molecular formula is C20H18F2N2O2S2. The second-order valence-corrected chi connectivity index (χ2v) is 8.73. The number of halogens is 2. The lowest BCUT2D eigenvalue weighted by Crippen LogP contribution is -2.29. The summed E-state index contributed by atoms with van der Waals surface area (Å²) in [4.78, 5) is 17.1. The Bertz CT molecular complexity index is 983. The van der Waals surface area contributed by atoms with Crippen molar-refractivity contribution in [1.82, 2.24) is 0 Å². The van der Waals surface area contributed by atoms with Gasteiger partial charge in [0.2, 0.25) is 0 Å². The third-order valence-electron chi connectivity index (χ3n) is 4.54. The summed E-state index contributed by atoms with van der Waals surface area (Å²) in [6.45, 7) is 0.620. The van der Waals surface area contributed by atoms with Crippen LogP contribution in [0.1, 0.15) is 25.0 Å². The molecule has 0 bridgehead atoms. The van der Waals surface area contributed by atoms with E-state index in [9.17, 15) is 13.6 Å². The quantitative estimate of drug-likeness (QED) is 0.590. The van der Waals surface area contributed by atoms with Crippen molar-refractivity contribution in [2.24, 2.45) is 0 Å². The van der Waals surface area contributed by atoms with Gasteiger partial charge in [-0.15, -0.1) is 22.7 Å². The molecule has 0 aliphatic carbocycles. The summed E-state index contributed by atoms with van der Waals surface area (Å²) < 4.78 is 29.5. The number of carbonyl (C=O) groups is 1. The number of hydrogen-bond donors (Lipinski definition) is 1. The molecule has 0 atom stereocenters. The lowest BCUT2D eigenvalue weighted by atomic mass is 10.1.